The van der Waals surface area contributed by atoms with Gasteiger partial charge in [-0.3, -0.25) is 4.98 Å². The number of carbonyl (C=O) groups excluding carboxylic acids is 1. The maximum absolute atomic E-state index is 11.7. The Kier molecular flexibility index (Phi) is 5.66. The molecule has 0 aliphatic heterocycles. The summed E-state index contributed by atoms with van der Waals surface area (Å²) in [5.41, 5.74) is 2.29. The van der Waals surface area contributed by atoms with E-state index in [0.717, 1.165) is 11.3 Å². The molecule has 0 radical (unpaired) electrons. The second-order valence-electron chi connectivity index (χ2n) is 5.30. The summed E-state index contributed by atoms with van der Waals surface area (Å²) in [5, 5.41) is 14.1. The van der Waals surface area contributed by atoms with Gasteiger partial charge in [0.15, 0.2) is 5.82 Å². The van der Waals surface area contributed by atoms with E-state index in [1.54, 1.807) is 43.6 Å². The quantitative estimate of drug-likeness (QED) is 0.627. The first-order chi connectivity index (χ1) is 12.7. The second kappa shape index (κ2) is 8.52. The second-order valence-corrected chi connectivity index (χ2v) is 5.30. The van der Waals surface area contributed by atoms with Crippen molar-refractivity contribution in [2.75, 3.05) is 17.2 Å². The molecule has 0 saturated heterocycles. The van der Waals surface area contributed by atoms with Crippen LogP contribution in [-0.4, -0.2) is 32.7 Å². The number of benzene rings is 1. The Labute approximate surface area is 150 Å². The number of hydrogen-bond donors (Lipinski definition) is 2. The van der Waals surface area contributed by atoms with Crippen LogP contribution in [0.1, 0.15) is 22.8 Å². The highest BCUT2D eigenvalue weighted by Crippen LogP contribution is 2.16. The smallest absolute Gasteiger partial charge is 0.338 e. The van der Waals surface area contributed by atoms with Crippen molar-refractivity contribution in [2.24, 2.45) is 0 Å². The number of rotatable bonds is 7. The molecule has 0 bridgehead atoms. The van der Waals surface area contributed by atoms with Crippen LogP contribution in [0.2, 0.25) is 0 Å². The van der Waals surface area contributed by atoms with Gasteiger partial charge in [-0.25, -0.2) is 4.79 Å². The minimum atomic E-state index is -0.343. The van der Waals surface area contributed by atoms with E-state index in [9.17, 15) is 4.79 Å². The van der Waals surface area contributed by atoms with E-state index in [1.807, 2.05) is 12.1 Å². The zero-order chi connectivity index (χ0) is 18.2. The molecule has 132 valence electrons. The number of nitrogens with one attached hydrogen (secondary N) is 2. The lowest BCUT2D eigenvalue weighted by molar-refractivity contribution is 0.0526. The van der Waals surface area contributed by atoms with E-state index in [-0.39, 0.29) is 5.97 Å². The molecule has 1 aromatic carbocycles. The number of carbonyl (C=O) groups is 1. The first-order valence-electron chi connectivity index (χ1n) is 8.11. The Morgan fingerprint density at radius 3 is 2.73 bits per heavy atom. The lowest BCUT2D eigenvalue weighted by Gasteiger charge is -2.08. The van der Waals surface area contributed by atoms with Crippen LogP contribution in [0.5, 0.6) is 0 Å². The standard InChI is InChI=1S/C18H18N6O2/c1-2-26-17(25)14-5-7-15(8-6-14)22-16-12-21-24-18(23-16)20-11-13-4-3-9-19-10-13/h3-10,12H,2,11H2,1H3,(H2,20,22,23,24). The molecule has 0 fully saturated rings. The number of ether oxygens (including phenoxy) is 1. The molecule has 2 heterocycles. The summed E-state index contributed by atoms with van der Waals surface area (Å²) in [6.45, 7) is 2.67. The van der Waals surface area contributed by atoms with Crippen LogP contribution in [0.25, 0.3) is 0 Å². The zero-order valence-electron chi connectivity index (χ0n) is 14.2. The van der Waals surface area contributed by atoms with Gasteiger partial charge in [-0.2, -0.15) is 10.1 Å². The Morgan fingerprint density at radius 2 is 2.00 bits per heavy atom. The lowest BCUT2D eigenvalue weighted by atomic mass is 10.2. The molecule has 2 aromatic heterocycles. The van der Waals surface area contributed by atoms with E-state index in [1.165, 1.54) is 6.20 Å². The van der Waals surface area contributed by atoms with E-state index >= 15 is 0 Å². The third kappa shape index (κ3) is 4.73. The highest BCUT2D eigenvalue weighted by molar-refractivity contribution is 5.89. The fourth-order valence-electron chi connectivity index (χ4n) is 2.17. The summed E-state index contributed by atoms with van der Waals surface area (Å²) in [4.78, 5) is 20.1. The van der Waals surface area contributed by atoms with Gasteiger partial charge in [0, 0.05) is 24.6 Å². The highest BCUT2D eigenvalue weighted by Gasteiger charge is 2.06. The van der Waals surface area contributed by atoms with Crippen LogP contribution in [0.15, 0.2) is 55.0 Å². The van der Waals surface area contributed by atoms with Crippen molar-refractivity contribution in [2.45, 2.75) is 13.5 Å². The van der Waals surface area contributed by atoms with Gasteiger partial charge < -0.3 is 15.4 Å². The molecule has 2 N–H and O–H groups in total. The number of anilines is 3. The van der Waals surface area contributed by atoms with Gasteiger partial charge >= 0.3 is 5.97 Å². The normalized spacial score (nSPS) is 10.2. The van der Waals surface area contributed by atoms with Gasteiger partial charge in [0.25, 0.3) is 0 Å². The number of hydrogen-bond acceptors (Lipinski definition) is 8. The van der Waals surface area contributed by atoms with Gasteiger partial charge in [0.2, 0.25) is 5.95 Å². The number of aromatic nitrogens is 4. The number of esters is 1. The highest BCUT2D eigenvalue weighted by atomic mass is 16.5. The van der Waals surface area contributed by atoms with Gasteiger partial charge in [-0.1, -0.05) is 6.07 Å². The molecular weight excluding hydrogens is 332 g/mol. The summed E-state index contributed by atoms with van der Waals surface area (Å²) in [5.74, 6) is 0.601. The van der Waals surface area contributed by atoms with Gasteiger partial charge in [-0.15, -0.1) is 5.10 Å². The third-order valence-corrected chi connectivity index (χ3v) is 3.40. The molecule has 3 aromatic rings. The van der Waals surface area contributed by atoms with E-state index in [2.05, 4.69) is 30.8 Å². The first-order valence-corrected chi connectivity index (χ1v) is 8.11. The summed E-state index contributed by atoms with van der Waals surface area (Å²) < 4.78 is 4.96. The monoisotopic (exact) mass is 350 g/mol. The largest absolute Gasteiger partial charge is 0.462 e. The molecule has 3 rings (SSSR count). The molecule has 26 heavy (non-hydrogen) atoms. The van der Waals surface area contributed by atoms with Crippen LogP contribution in [-0.2, 0) is 11.3 Å². The number of pyridine rings is 1. The van der Waals surface area contributed by atoms with Crippen molar-refractivity contribution in [1.29, 1.82) is 0 Å². The zero-order valence-corrected chi connectivity index (χ0v) is 14.2. The molecule has 0 aliphatic rings. The lowest BCUT2D eigenvalue weighted by Crippen LogP contribution is -2.07. The predicted octanol–water partition coefficient (Wildman–Crippen LogP) is 2.80. The minimum absolute atomic E-state index is 0.343. The Morgan fingerprint density at radius 1 is 1.15 bits per heavy atom. The molecule has 0 saturated carbocycles. The molecule has 0 atom stereocenters. The molecule has 0 unspecified atom stereocenters. The van der Waals surface area contributed by atoms with E-state index in [4.69, 9.17) is 4.74 Å². The average Bonchev–Trinajstić information content (AvgIpc) is 2.68. The molecule has 0 aliphatic carbocycles. The van der Waals surface area contributed by atoms with Crippen LogP contribution in [0.3, 0.4) is 0 Å². The molecule has 8 heteroatoms. The van der Waals surface area contributed by atoms with Crippen LogP contribution < -0.4 is 10.6 Å². The van der Waals surface area contributed by atoms with Crippen LogP contribution >= 0.6 is 0 Å². The fourth-order valence-corrected chi connectivity index (χ4v) is 2.17. The summed E-state index contributed by atoms with van der Waals surface area (Å²) in [6.07, 6.45) is 5.02. The van der Waals surface area contributed by atoms with Crippen molar-refractivity contribution in [1.82, 2.24) is 20.2 Å². The Bertz CT molecular complexity index is 855. The van der Waals surface area contributed by atoms with Gasteiger partial charge in [-0.05, 0) is 42.8 Å². The maximum atomic E-state index is 11.7. The van der Waals surface area contributed by atoms with Gasteiger partial charge in [0.1, 0.15) is 0 Å². The maximum Gasteiger partial charge on any atom is 0.338 e. The van der Waals surface area contributed by atoms with Crippen molar-refractivity contribution in [3.8, 4) is 0 Å². The molecule has 0 spiro atoms. The molecule has 0 amide bonds. The van der Waals surface area contributed by atoms with E-state index in [0.29, 0.717) is 30.5 Å². The topological polar surface area (TPSA) is 102 Å². The summed E-state index contributed by atoms with van der Waals surface area (Å²) in [7, 11) is 0. The summed E-state index contributed by atoms with van der Waals surface area (Å²) >= 11 is 0. The summed E-state index contributed by atoms with van der Waals surface area (Å²) in [6, 6.07) is 10.8. The van der Waals surface area contributed by atoms with Crippen molar-refractivity contribution in [3.63, 3.8) is 0 Å². The van der Waals surface area contributed by atoms with Crippen molar-refractivity contribution < 1.29 is 9.53 Å². The van der Waals surface area contributed by atoms with Crippen molar-refractivity contribution in [3.05, 3.63) is 66.1 Å². The van der Waals surface area contributed by atoms with E-state index < -0.39 is 0 Å². The SMILES string of the molecule is CCOC(=O)c1ccc(Nc2cnnc(NCc3cccnc3)n2)cc1. The molecular formula is C18H18N6O2. The molecule has 8 nitrogen and oxygen atoms in total. The van der Waals surface area contributed by atoms with Crippen LogP contribution in [0.4, 0.5) is 17.5 Å². The Hall–Kier alpha value is -3.55. The minimum Gasteiger partial charge on any atom is -0.462 e. The third-order valence-electron chi connectivity index (χ3n) is 3.40. The average molecular weight is 350 g/mol. The van der Waals surface area contributed by atoms with Crippen molar-refractivity contribution >= 4 is 23.4 Å². The Balaban J connectivity index is 1.62. The van der Waals surface area contributed by atoms with Crippen LogP contribution in [0, 0.1) is 0 Å². The van der Waals surface area contributed by atoms with Gasteiger partial charge in [0.05, 0.1) is 18.4 Å². The first kappa shape index (κ1) is 17.3. The predicted molar refractivity (Wildman–Crippen MR) is 97.1 cm³/mol. The number of nitrogens with zero attached hydrogens (tertiary/aromatic N) is 4. The fraction of sp³-hybridized carbons (Fsp3) is 0.167.